The van der Waals surface area contributed by atoms with Crippen molar-refractivity contribution in [3.8, 4) is 5.75 Å². The predicted octanol–water partition coefficient (Wildman–Crippen LogP) is 2.44. The summed E-state index contributed by atoms with van der Waals surface area (Å²) < 4.78 is 0.945. The molecule has 0 aromatic heterocycles. The molecule has 0 bridgehead atoms. The van der Waals surface area contributed by atoms with Crippen LogP contribution in [-0.4, -0.2) is 37.9 Å². The first-order valence-corrected chi connectivity index (χ1v) is 7.36. The summed E-state index contributed by atoms with van der Waals surface area (Å²) in [5.74, 6) is -1.58. The van der Waals surface area contributed by atoms with Crippen LogP contribution in [0.1, 0.15) is 5.56 Å². The number of hydrogen-bond donors (Lipinski definition) is 2. The molecule has 8 heteroatoms. The van der Waals surface area contributed by atoms with Crippen molar-refractivity contribution >= 4 is 62.2 Å². The first-order chi connectivity index (χ1) is 9.38. The van der Waals surface area contributed by atoms with Crippen LogP contribution < -0.4 is 0 Å². The van der Waals surface area contributed by atoms with Gasteiger partial charge in [-0.05, 0) is 24.3 Å². The molecule has 0 atom stereocenters. The summed E-state index contributed by atoms with van der Waals surface area (Å²) in [6.07, 6.45) is 1.49. The standard InChI is InChI=1S/C12H8BrNO4S2/c13-7-1-2-8(15)6(3-7)4-9-11(18)14(5-10(16)17)12(19)20-9/h1-4,15H,5H2,(H,16,17)/b9-4-. The van der Waals surface area contributed by atoms with Crippen LogP contribution in [0.3, 0.4) is 0 Å². The highest BCUT2D eigenvalue weighted by molar-refractivity contribution is 9.10. The van der Waals surface area contributed by atoms with Crippen molar-refractivity contribution < 1.29 is 19.8 Å². The number of carbonyl (C=O) groups is 2. The molecule has 1 aliphatic heterocycles. The van der Waals surface area contributed by atoms with Gasteiger partial charge in [0.15, 0.2) is 0 Å². The van der Waals surface area contributed by atoms with E-state index in [1.807, 2.05) is 0 Å². The fourth-order valence-corrected chi connectivity index (χ4v) is 3.18. The number of carbonyl (C=O) groups excluding carboxylic acids is 1. The van der Waals surface area contributed by atoms with E-state index in [1.54, 1.807) is 12.1 Å². The van der Waals surface area contributed by atoms with Crippen LogP contribution in [0, 0.1) is 0 Å². The molecule has 0 spiro atoms. The molecule has 1 aromatic carbocycles. The molecule has 0 radical (unpaired) electrons. The second-order valence-corrected chi connectivity index (χ2v) is 6.46. The van der Waals surface area contributed by atoms with Crippen LogP contribution >= 0.6 is 39.9 Å². The number of carboxylic acid groups (broad SMARTS) is 1. The molecule has 1 saturated heterocycles. The number of rotatable bonds is 3. The summed E-state index contributed by atoms with van der Waals surface area (Å²) >= 11 is 9.26. The Labute approximate surface area is 132 Å². The van der Waals surface area contributed by atoms with Crippen LogP contribution in [0.4, 0.5) is 0 Å². The number of phenolic OH excluding ortho intramolecular Hbond substituents is 1. The summed E-state index contributed by atoms with van der Waals surface area (Å²) in [5.41, 5.74) is 0.454. The van der Waals surface area contributed by atoms with E-state index in [9.17, 15) is 14.7 Å². The van der Waals surface area contributed by atoms with E-state index in [0.29, 0.717) is 5.56 Å². The summed E-state index contributed by atoms with van der Waals surface area (Å²) in [6.45, 7) is -0.466. The highest BCUT2D eigenvalue weighted by Gasteiger charge is 2.33. The zero-order valence-electron chi connectivity index (χ0n) is 9.87. The normalized spacial score (nSPS) is 17.1. The Morgan fingerprint density at radius 1 is 1.50 bits per heavy atom. The van der Waals surface area contributed by atoms with E-state index >= 15 is 0 Å². The Balaban J connectivity index is 2.32. The molecular weight excluding hydrogens is 366 g/mol. The van der Waals surface area contributed by atoms with Crippen LogP contribution in [0.5, 0.6) is 5.75 Å². The van der Waals surface area contributed by atoms with Gasteiger partial charge in [-0.15, -0.1) is 0 Å². The second kappa shape index (κ2) is 5.94. The lowest BCUT2D eigenvalue weighted by Crippen LogP contribution is -2.33. The number of thioether (sulfide) groups is 1. The molecule has 5 nitrogen and oxygen atoms in total. The van der Waals surface area contributed by atoms with Gasteiger partial charge in [-0.25, -0.2) is 0 Å². The molecule has 1 aromatic rings. The number of hydrogen-bond acceptors (Lipinski definition) is 5. The molecule has 0 unspecified atom stereocenters. The largest absolute Gasteiger partial charge is 0.507 e. The zero-order chi connectivity index (χ0) is 14.9. The molecule has 1 fully saturated rings. The van der Waals surface area contributed by atoms with E-state index in [4.69, 9.17) is 17.3 Å². The average molecular weight is 374 g/mol. The number of aromatic hydroxyl groups is 1. The first kappa shape index (κ1) is 15.0. The molecule has 1 amide bonds. The number of nitrogens with zero attached hydrogens (tertiary/aromatic N) is 1. The Bertz CT molecular complexity index is 644. The number of benzene rings is 1. The number of halogens is 1. The van der Waals surface area contributed by atoms with E-state index < -0.39 is 18.4 Å². The van der Waals surface area contributed by atoms with Crippen LogP contribution in [0.25, 0.3) is 6.08 Å². The van der Waals surface area contributed by atoms with E-state index in [2.05, 4.69) is 15.9 Å². The lowest BCUT2D eigenvalue weighted by Gasteiger charge is -2.10. The third-order valence-corrected chi connectivity index (χ3v) is 4.31. The maximum absolute atomic E-state index is 12.0. The van der Waals surface area contributed by atoms with Crippen molar-refractivity contribution in [2.45, 2.75) is 0 Å². The van der Waals surface area contributed by atoms with Crippen molar-refractivity contribution in [3.63, 3.8) is 0 Å². The third-order valence-electron chi connectivity index (χ3n) is 2.44. The Kier molecular flexibility index (Phi) is 4.46. The number of aliphatic carboxylic acids is 1. The van der Waals surface area contributed by atoms with Crippen molar-refractivity contribution in [1.29, 1.82) is 0 Å². The van der Waals surface area contributed by atoms with Gasteiger partial charge in [-0.1, -0.05) is 39.9 Å². The number of carboxylic acids is 1. The molecule has 0 saturated carbocycles. The van der Waals surface area contributed by atoms with Crippen LogP contribution in [-0.2, 0) is 9.59 Å². The Morgan fingerprint density at radius 2 is 2.20 bits per heavy atom. The van der Waals surface area contributed by atoms with Gasteiger partial charge in [0.05, 0.1) is 4.91 Å². The van der Waals surface area contributed by atoms with Crippen LogP contribution in [0.15, 0.2) is 27.6 Å². The zero-order valence-corrected chi connectivity index (χ0v) is 13.1. The fraction of sp³-hybridized carbons (Fsp3) is 0.0833. The van der Waals surface area contributed by atoms with Gasteiger partial charge in [-0.2, -0.15) is 0 Å². The smallest absolute Gasteiger partial charge is 0.323 e. The number of amides is 1. The van der Waals surface area contributed by atoms with Crippen LogP contribution in [0.2, 0.25) is 0 Å². The van der Waals surface area contributed by atoms with Gasteiger partial charge in [0.25, 0.3) is 5.91 Å². The molecule has 2 rings (SSSR count). The first-order valence-electron chi connectivity index (χ1n) is 5.34. The van der Waals surface area contributed by atoms with E-state index in [-0.39, 0.29) is 15.0 Å². The van der Waals surface area contributed by atoms with Crippen molar-refractivity contribution in [2.75, 3.05) is 6.54 Å². The molecule has 0 aliphatic carbocycles. The summed E-state index contributed by atoms with van der Waals surface area (Å²) in [7, 11) is 0. The molecule has 104 valence electrons. The Morgan fingerprint density at radius 3 is 2.85 bits per heavy atom. The number of phenols is 1. The van der Waals surface area contributed by atoms with Crippen molar-refractivity contribution in [3.05, 3.63) is 33.1 Å². The maximum atomic E-state index is 12.0. The number of thiocarbonyl (C=S) groups is 1. The minimum atomic E-state index is -1.13. The highest BCUT2D eigenvalue weighted by atomic mass is 79.9. The molecule has 1 heterocycles. The minimum absolute atomic E-state index is 0.0247. The van der Waals surface area contributed by atoms with Crippen molar-refractivity contribution in [2.24, 2.45) is 0 Å². The second-order valence-electron chi connectivity index (χ2n) is 3.86. The highest BCUT2D eigenvalue weighted by Crippen LogP contribution is 2.34. The van der Waals surface area contributed by atoms with Gasteiger partial charge in [0, 0.05) is 10.0 Å². The molecule has 2 N–H and O–H groups in total. The fourth-order valence-electron chi connectivity index (χ4n) is 1.55. The minimum Gasteiger partial charge on any atom is -0.507 e. The summed E-state index contributed by atoms with van der Waals surface area (Å²) in [6, 6.07) is 4.81. The lowest BCUT2D eigenvalue weighted by atomic mass is 10.2. The van der Waals surface area contributed by atoms with Gasteiger partial charge in [-0.3, -0.25) is 14.5 Å². The maximum Gasteiger partial charge on any atom is 0.323 e. The SMILES string of the molecule is O=C(O)CN1C(=O)/C(=C/c2cc(Br)ccc2O)SC1=S. The van der Waals surface area contributed by atoms with E-state index in [0.717, 1.165) is 21.1 Å². The van der Waals surface area contributed by atoms with E-state index in [1.165, 1.54) is 12.1 Å². The van der Waals surface area contributed by atoms with Crippen molar-refractivity contribution in [1.82, 2.24) is 4.90 Å². The topological polar surface area (TPSA) is 77.8 Å². The van der Waals surface area contributed by atoms with Gasteiger partial charge >= 0.3 is 5.97 Å². The van der Waals surface area contributed by atoms with Gasteiger partial charge in [0.1, 0.15) is 16.6 Å². The third kappa shape index (κ3) is 3.20. The average Bonchev–Trinajstić information content (AvgIpc) is 2.61. The Hall–Kier alpha value is -1.38. The monoisotopic (exact) mass is 373 g/mol. The molecular formula is C12H8BrNO4S2. The molecule has 20 heavy (non-hydrogen) atoms. The summed E-state index contributed by atoms with van der Waals surface area (Å²) in [4.78, 5) is 24.0. The summed E-state index contributed by atoms with van der Waals surface area (Å²) in [5, 5.41) is 18.5. The quantitative estimate of drug-likeness (QED) is 0.625. The van der Waals surface area contributed by atoms with Gasteiger partial charge < -0.3 is 10.2 Å². The van der Waals surface area contributed by atoms with Gasteiger partial charge in [0.2, 0.25) is 0 Å². The predicted molar refractivity (Wildman–Crippen MR) is 83.3 cm³/mol. The molecule has 1 aliphatic rings. The lowest BCUT2D eigenvalue weighted by molar-refractivity contribution is -0.140.